The van der Waals surface area contributed by atoms with Gasteiger partial charge in [-0.15, -0.1) is 0 Å². The highest BCUT2D eigenvalue weighted by atomic mass is 16.4. The third-order valence-corrected chi connectivity index (χ3v) is 3.72. The number of carbonyl (C=O) groups is 2. The molecule has 0 saturated carbocycles. The Morgan fingerprint density at radius 1 is 1.41 bits per heavy atom. The molecule has 0 unspecified atom stereocenters. The molecule has 110 valence electrons. The number of benzene rings is 1. The molecule has 0 atom stereocenters. The predicted molar refractivity (Wildman–Crippen MR) is 79.6 cm³/mol. The summed E-state index contributed by atoms with van der Waals surface area (Å²) in [6.45, 7) is 3.50. The predicted octanol–water partition coefficient (Wildman–Crippen LogP) is 2.52. The minimum atomic E-state index is -0.382. The van der Waals surface area contributed by atoms with Crippen LogP contribution in [0.3, 0.4) is 0 Å². The number of nitrogens with zero attached hydrogens (tertiary/aromatic N) is 1. The van der Waals surface area contributed by atoms with Crippen molar-refractivity contribution in [2.45, 2.75) is 20.3 Å². The van der Waals surface area contributed by atoms with Crippen LogP contribution >= 0.6 is 0 Å². The van der Waals surface area contributed by atoms with Gasteiger partial charge in [-0.25, -0.2) is 0 Å². The number of hydrogen-bond donors (Lipinski definition) is 2. The van der Waals surface area contributed by atoms with Gasteiger partial charge < -0.3 is 9.73 Å². The molecule has 1 aromatic heterocycles. The van der Waals surface area contributed by atoms with Gasteiger partial charge in [0.2, 0.25) is 11.8 Å². The minimum Gasteiger partial charge on any atom is -0.444 e. The van der Waals surface area contributed by atoms with Gasteiger partial charge in [0.05, 0.1) is 6.42 Å². The number of rotatable bonds is 2. The lowest BCUT2D eigenvalue weighted by molar-refractivity contribution is -0.115. The van der Waals surface area contributed by atoms with E-state index >= 15 is 0 Å². The highest BCUT2D eigenvalue weighted by Crippen LogP contribution is 2.27. The maximum Gasteiger partial charge on any atom is 0.258 e. The fourth-order valence-corrected chi connectivity index (χ4v) is 2.40. The van der Waals surface area contributed by atoms with E-state index in [1.165, 1.54) is 0 Å². The summed E-state index contributed by atoms with van der Waals surface area (Å²) in [5.41, 5.74) is 2.95. The summed E-state index contributed by atoms with van der Waals surface area (Å²) in [7, 11) is 0. The van der Waals surface area contributed by atoms with Crippen molar-refractivity contribution < 1.29 is 14.0 Å². The first-order valence-electron chi connectivity index (χ1n) is 6.74. The lowest BCUT2D eigenvalue weighted by Gasteiger charge is -2.05. The highest BCUT2D eigenvalue weighted by Gasteiger charge is 2.21. The van der Waals surface area contributed by atoms with Crippen LogP contribution in [0.25, 0.3) is 0 Å². The molecule has 2 amide bonds. The molecule has 2 heterocycles. The summed E-state index contributed by atoms with van der Waals surface area (Å²) in [4.78, 5) is 23.6. The van der Waals surface area contributed by atoms with E-state index in [0.29, 0.717) is 22.5 Å². The van der Waals surface area contributed by atoms with Crippen molar-refractivity contribution in [2.75, 3.05) is 10.6 Å². The van der Waals surface area contributed by atoms with Gasteiger partial charge in [0.25, 0.3) is 5.91 Å². The molecule has 0 radical (unpaired) electrons. The number of furan rings is 1. The second-order valence-electron chi connectivity index (χ2n) is 5.15. The molecular formula is C16H13N3O3. The highest BCUT2D eigenvalue weighted by molar-refractivity contribution is 6.06. The van der Waals surface area contributed by atoms with Crippen LogP contribution in [0, 0.1) is 25.2 Å². The summed E-state index contributed by atoms with van der Waals surface area (Å²) in [5.74, 6) is 0.275. The fraction of sp³-hybridized carbons (Fsp3) is 0.188. The summed E-state index contributed by atoms with van der Waals surface area (Å²) in [6.07, 6.45) is 0.263. The van der Waals surface area contributed by atoms with E-state index in [9.17, 15) is 9.59 Å². The van der Waals surface area contributed by atoms with Crippen LogP contribution in [-0.4, -0.2) is 11.8 Å². The Balaban J connectivity index is 1.87. The van der Waals surface area contributed by atoms with Crippen LogP contribution < -0.4 is 10.6 Å². The molecule has 2 aromatic rings. The monoisotopic (exact) mass is 295 g/mol. The molecule has 0 spiro atoms. The Kier molecular flexibility index (Phi) is 3.18. The lowest BCUT2D eigenvalue weighted by Crippen LogP contribution is -2.12. The molecule has 1 aliphatic heterocycles. The van der Waals surface area contributed by atoms with E-state index in [2.05, 4.69) is 10.6 Å². The zero-order valence-corrected chi connectivity index (χ0v) is 12.1. The molecule has 2 N–H and O–H groups in total. The molecule has 6 nitrogen and oxygen atoms in total. The number of nitrogens with one attached hydrogen (secondary N) is 2. The van der Waals surface area contributed by atoms with Gasteiger partial charge in [-0.05, 0) is 37.6 Å². The molecule has 0 bridgehead atoms. The van der Waals surface area contributed by atoms with Crippen molar-refractivity contribution in [3.8, 4) is 6.07 Å². The average molecular weight is 295 g/mol. The van der Waals surface area contributed by atoms with Crippen LogP contribution in [0.1, 0.15) is 32.8 Å². The Labute approximate surface area is 126 Å². The molecule has 1 aliphatic rings. The molecule has 6 heteroatoms. The quantitative estimate of drug-likeness (QED) is 0.889. The van der Waals surface area contributed by atoms with Gasteiger partial charge >= 0.3 is 0 Å². The van der Waals surface area contributed by atoms with Crippen LogP contribution in [-0.2, 0) is 11.2 Å². The van der Waals surface area contributed by atoms with E-state index in [1.807, 2.05) is 6.07 Å². The minimum absolute atomic E-state index is 0.0865. The maximum atomic E-state index is 12.3. The summed E-state index contributed by atoms with van der Waals surface area (Å²) < 4.78 is 5.42. The normalized spacial score (nSPS) is 12.5. The smallest absolute Gasteiger partial charge is 0.258 e. The van der Waals surface area contributed by atoms with Gasteiger partial charge in [0.1, 0.15) is 17.4 Å². The van der Waals surface area contributed by atoms with E-state index in [1.54, 1.807) is 32.0 Å². The van der Waals surface area contributed by atoms with Gasteiger partial charge in [-0.1, -0.05) is 0 Å². The van der Waals surface area contributed by atoms with Gasteiger partial charge in [-0.3, -0.25) is 14.9 Å². The molecule has 22 heavy (non-hydrogen) atoms. The third kappa shape index (κ3) is 2.23. The van der Waals surface area contributed by atoms with Crippen LogP contribution in [0.15, 0.2) is 22.6 Å². The number of amides is 2. The van der Waals surface area contributed by atoms with Crippen molar-refractivity contribution in [2.24, 2.45) is 0 Å². The number of anilines is 2. The van der Waals surface area contributed by atoms with Crippen molar-refractivity contribution in [1.82, 2.24) is 0 Å². The molecule has 1 aromatic carbocycles. The number of fused-ring (bicyclic) bond motifs is 1. The Morgan fingerprint density at radius 3 is 2.91 bits per heavy atom. The van der Waals surface area contributed by atoms with Crippen molar-refractivity contribution in [1.29, 1.82) is 5.26 Å². The zero-order valence-electron chi connectivity index (χ0n) is 12.1. The van der Waals surface area contributed by atoms with Crippen LogP contribution in [0.4, 0.5) is 11.6 Å². The third-order valence-electron chi connectivity index (χ3n) is 3.72. The molecule has 3 rings (SSSR count). The van der Waals surface area contributed by atoms with E-state index < -0.39 is 0 Å². The van der Waals surface area contributed by atoms with E-state index in [-0.39, 0.29) is 24.1 Å². The zero-order chi connectivity index (χ0) is 15.9. The Hall–Kier alpha value is -3.07. The van der Waals surface area contributed by atoms with Crippen molar-refractivity contribution in [3.63, 3.8) is 0 Å². The van der Waals surface area contributed by atoms with Crippen molar-refractivity contribution in [3.05, 3.63) is 46.2 Å². The Bertz CT molecular complexity index is 843. The second-order valence-corrected chi connectivity index (χ2v) is 5.15. The lowest BCUT2D eigenvalue weighted by atomic mass is 10.1. The van der Waals surface area contributed by atoms with Crippen LogP contribution in [0.2, 0.25) is 0 Å². The van der Waals surface area contributed by atoms with Crippen molar-refractivity contribution >= 4 is 23.4 Å². The standard InChI is InChI=1S/C16H13N3O3/c1-8-9(2)22-16(12(8)7-17)19-15(21)10-3-4-13-11(5-10)6-14(20)18-13/h3-5H,6H2,1-2H3,(H,18,20)(H,19,21). The summed E-state index contributed by atoms with van der Waals surface area (Å²) in [6, 6.07) is 7.00. The fourth-order valence-electron chi connectivity index (χ4n) is 2.40. The molecule has 0 aliphatic carbocycles. The van der Waals surface area contributed by atoms with E-state index in [0.717, 1.165) is 11.3 Å². The first-order chi connectivity index (χ1) is 10.5. The average Bonchev–Trinajstić information content (AvgIpc) is 2.97. The number of hydrogen-bond acceptors (Lipinski definition) is 4. The second kappa shape index (κ2) is 5.04. The summed E-state index contributed by atoms with van der Waals surface area (Å²) >= 11 is 0. The number of aryl methyl sites for hydroxylation is 1. The maximum absolute atomic E-state index is 12.3. The summed E-state index contributed by atoms with van der Waals surface area (Å²) in [5, 5.41) is 14.5. The van der Waals surface area contributed by atoms with Crippen LogP contribution in [0.5, 0.6) is 0 Å². The first-order valence-corrected chi connectivity index (χ1v) is 6.74. The Morgan fingerprint density at radius 2 is 2.18 bits per heavy atom. The van der Waals surface area contributed by atoms with Gasteiger partial charge in [0, 0.05) is 16.8 Å². The van der Waals surface area contributed by atoms with E-state index in [4.69, 9.17) is 9.68 Å². The number of carbonyl (C=O) groups excluding carboxylic acids is 2. The molecular weight excluding hydrogens is 282 g/mol. The molecule has 0 fully saturated rings. The topological polar surface area (TPSA) is 95.1 Å². The van der Waals surface area contributed by atoms with Gasteiger partial charge in [0.15, 0.2) is 0 Å². The molecule has 0 saturated heterocycles. The SMILES string of the molecule is Cc1oc(NC(=O)c2ccc3c(c2)CC(=O)N3)c(C#N)c1C. The first kappa shape index (κ1) is 13.9. The number of nitriles is 1. The largest absolute Gasteiger partial charge is 0.444 e. The van der Waals surface area contributed by atoms with Gasteiger partial charge in [-0.2, -0.15) is 5.26 Å².